The van der Waals surface area contributed by atoms with Crippen LogP contribution in [0.2, 0.25) is 0 Å². The van der Waals surface area contributed by atoms with E-state index in [0.717, 1.165) is 24.8 Å². The highest BCUT2D eigenvalue weighted by Gasteiger charge is 2.35. The molecule has 5 nitrogen and oxygen atoms in total. The summed E-state index contributed by atoms with van der Waals surface area (Å²) in [5, 5.41) is 19.1. The lowest BCUT2D eigenvalue weighted by Crippen LogP contribution is -2.32. The van der Waals surface area contributed by atoms with E-state index in [4.69, 9.17) is 4.74 Å². The summed E-state index contributed by atoms with van der Waals surface area (Å²) in [5.74, 6) is -1.18. The number of rotatable bonds is 11. The highest BCUT2D eigenvalue weighted by Crippen LogP contribution is 2.32. The van der Waals surface area contributed by atoms with Crippen LogP contribution < -0.4 is 0 Å². The number of unbranched alkanes of at least 4 members (excludes halogenated alkanes) is 1. The molecule has 2 N–H and O–H groups in total. The van der Waals surface area contributed by atoms with Gasteiger partial charge in [0.2, 0.25) is 0 Å². The van der Waals surface area contributed by atoms with Crippen LogP contribution >= 0.6 is 0 Å². The molecule has 5 heteroatoms. The first kappa shape index (κ1) is 22.2. The van der Waals surface area contributed by atoms with Crippen LogP contribution in [0.5, 0.6) is 0 Å². The van der Waals surface area contributed by atoms with E-state index in [1.807, 2.05) is 19.9 Å². The van der Waals surface area contributed by atoms with Crippen molar-refractivity contribution in [2.75, 3.05) is 13.2 Å². The Labute approximate surface area is 156 Å². The van der Waals surface area contributed by atoms with Crippen molar-refractivity contribution >= 4 is 11.9 Å². The van der Waals surface area contributed by atoms with Crippen molar-refractivity contribution in [2.45, 2.75) is 65.2 Å². The quantitative estimate of drug-likeness (QED) is 0.462. The van der Waals surface area contributed by atoms with Crippen LogP contribution in [0, 0.1) is 5.41 Å². The molecule has 0 radical (unpaired) electrons. The highest BCUT2D eigenvalue weighted by atomic mass is 16.5. The summed E-state index contributed by atoms with van der Waals surface area (Å²) in [6.07, 6.45) is 3.12. The Morgan fingerprint density at radius 2 is 1.77 bits per heavy atom. The monoisotopic (exact) mass is 364 g/mol. The zero-order valence-electron chi connectivity index (χ0n) is 16.4. The van der Waals surface area contributed by atoms with Crippen molar-refractivity contribution in [3.8, 4) is 0 Å². The number of esters is 1. The molecule has 1 aromatic carbocycles. The molecular weight excluding hydrogens is 332 g/mol. The first-order valence-electron chi connectivity index (χ1n) is 9.24. The Balaban J connectivity index is 2.84. The van der Waals surface area contributed by atoms with Gasteiger partial charge < -0.3 is 14.9 Å². The number of ether oxygens (including phenoxy) is 1. The molecule has 0 spiro atoms. The van der Waals surface area contributed by atoms with Crippen LogP contribution in [0.4, 0.5) is 0 Å². The standard InChI is InChI=1S/C21H32O5/c1-5-26-18(23)14-16-9-8-10-17(13-16)21(4,19(24)25)12-7-6-11-20(2,3)15-22/h8-10,13,22H,5-7,11-12,14-15H2,1-4H3,(H,24,25). The molecule has 146 valence electrons. The molecule has 0 heterocycles. The second-order valence-electron chi connectivity index (χ2n) is 7.85. The fourth-order valence-corrected chi connectivity index (χ4v) is 2.94. The Morgan fingerprint density at radius 1 is 1.12 bits per heavy atom. The largest absolute Gasteiger partial charge is 0.481 e. The highest BCUT2D eigenvalue weighted by molar-refractivity contribution is 5.81. The fraction of sp³-hybridized carbons (Fsp3) is 0.619. The smallest absolute Gasteiger partial charge is 0.313 e. The van der Waals surface area contributed by atoms with E-state index < -0.39 is 11.4 Å². The molecule has 0 fully saturated rings. The minimum atomic E-state index is -1.01. The predicted octanol–water partition coefficient (Wildman–Crippen LogP) is 3.71. The normalized spacial score (nSPS) is 13.9. The van der Waals surface area contributed by atoms with Crippen LogP contribution in [0.1, 0.15) is 64.5 Å². The number of carboxylic acids is 1. The molecule has 0 saturated heterocycles. The van der Waals surface area contributed by atoms with Gasteiger partial charge in [-0.2, -0.15) is 0 Å². The molecule has 0 aromatic heterocycles. The third-order valence-electron chi connectivity index (χ3n) is 4.90. The molecule has 1 aromatic rings. The van der Waals surface area contributed by atoms with Gasteiger partial charge in [0.15, 0.2) is 0 Å². The zero-order valence-corrected chi connectivity index (χ0v) is 16.4. The average molecular weight is 364 g/mol. The molecule has 0 aliphatic rings. The minimum Gasteiger partial charge on any atom is -0.481 e. The first-order valence-corrected chi connectivity index (χ1v) is 9.24. The zero-order chi connectivity index (χ0) is 19.8. The Bertz CT molecular complexity index is 608. The number of carbonyl (C=O) groups is 2. The van der Waals surface area contributed by atoms with Gasteiger partial charge in [-0.1, -0.05) is 51.0 Å². The van der Waals surface area contributed by atoms with E-state index >= 15 is 0 Å². The van der Waals surface area contributed by atoms with Crippen molar-refractivity contribution in [3.63, 3.8) is 0 Å². The molecule has 0 amide bonds. The van der Waals surface area contributed by atoms with Gasteiger partial charge in [-0.25, -0.2) is 0 Å². The summed E-state index contributed by atoms with van der Waals surface area (Å²) >= 11 is 0. The molecule has 0 bridgehead atoms. The van der Waals surface area contributed by atoms with E-state index in [9.17, 15) is 19.8 Å². The van der Waals surface area contributed by atoms with Gasteiger partial charge in [-0.15, -0.1) is 0 Å². The van der Waals surface area contributed by atoms with Gasteiger partial charge in [0.05, 0.1) is 18.4 Å². The van der Waals surface area contributed by atoms with Gasteiger partial charge in [-0.05, 0) is 43.2 Å². The van der Waals surface area contributed by atoms with Gasteiger partial charge >= 0.3 is 11.9 Å². The summed E-state index contributed by atoms with van der Waals surface area (Å²) in [6, 6.07) is 7.20. The van der Waals surface area contributed by atoms with Crippen LogP contribution in [0.3, 0.4) is 0 Å². The molecule has 1 atom stereocenters. The van der Waals surface area contributed by atoms with Crippen LogP contribution in [0.15, 0.2) is 24.3 Å². The third kappa shape index (κ3) is 6.45. The minimum absolute atomic E-state index is 0.124. The topological polar surface area (TPSA) is 83.8 Å². The average Bonchev–Trinajstić information content (AvgIpc) is 2.58. The number of carbonyl (C=O) groups excluding carboxylic acids is 1. The summed E-state index contributed by atoms with van der Waals surface area (Å²) in [6.45, 7) is 7.95. The summed E-state index contributed by atoms with van der Waals surface area (Å²) < 4.78 is 4.96. The Kier molecular flexibility index (Phi) is 8.28. The number of carboxylic acid groups (broad SMARTS) is 1. The molecule has 0 saturated carbocycles. The maximum atomic E-state index is 12.0. The van der Waals surface area contributed by atoms with E-state index in [1.165, 1.54) is 0 Å². The van der Waals surface area contributed by atoms with Gasteiger partial charge in [0.1, 0.15) is 0 Å². The van der Waals surface area contributed by atoms with Gasteiger partial charge in [-0.3, -0.25) is 9.59 Å². The summed E-state index contributed by atoms with van der Waals surface area (Å²) in [5.41, 5.74) is 0.316. The first-order chi connectivity index (χ1) is 12.1. The molecule has 0 aliphatic heterocycles. The van der Waals surface area contributed by atoms with Crippen LogP contribution in [0.25, 0.3) is 0 Å². The molecule has 1 rings (SSSR count). The van der Waals surface area contributed by atoms with Crippen molar-refractivity contribution in [1.82, 2.24) is 0 Å². The molecule has 1 unspecified atom stereocenters. The van der Waals surface area contributed by atoms with Crippen molar-refractivity contribution < 1.29 is 24.5 Å². The van der Waals surface area contributed by atoms with E-state index in [2.05, 4.69) is 0 Å². The van der Waals surface area contributed by atoms with Gasteiger partial charge in [0.25, 0.3) is 0 Å². The lowest BCUT2D eigenvalue weighted by Gasteiger charge is -2.27. The molecule has 26 heavy (non-hydrogen) atoms. The number of hydrogen-bond acceptors (Lipinski definition) is 4. The predicted molar refractivity (Wildman–Crippen MR) is 101 cm³/mol. The number of benzene rings is 1. The second kappa shape index (κ2) is 9.72. The van der Waals surface area contributed by atoms with E-state index in [0.29, 0.717) is 18.6 Å². The van der Waals surface area contributed by atoms with Crippen molar-refractivity contribution in [3.05, 3.63) is 35.4 Å². The third-order valence-corrected chi connectivity index (χ3v) is 4.90. The molecule has 0 aliphatic carbocycles. The second-order valence-corrected chi connectivity index (χ2v) is 7.85. The number of aliphatic hydroxyl groups is 1. The van der Waals surface area contributed by atoms with Crippen LogP contribution in [-0.4, -0.2) is 35.4 Å². The van der Waals surface area contributed by atoms with E-state index in [-0.39, 0.29) is 24.4 Å². The maximum absolute atomic E-state index is 12.0. The van der Waals surface area contributed by atoms with E-state index in [1.54, 1.807) is 32.0 Å². The SMILES string of the molecule is CCOC(=O)Cc1cccc(C(C)(CCCCC(C)(C)CO)C(=O)O)c1. The van der Waals surface area contributed by atoms with Crippen molar-refractivity contribution in [2.24, 2.45) is 5.41 Å². The maximum Gasteiger partial charge on any atom is 0.313 e. The molecular formula is C21H32O5. The van der Waals surface area contributed by atoms with Crippen molar-refractivity contribution in [1.29, 1.82) is 0 Å². The fourth-order valence-electron chi connectivity index (χ4n) is 2.94. The Hall–Kier alpha value is -1.88. The van der Waals surface area contributed by atoms with Gasteiger partial charge in [0, 0.05) is 6.61 Å². The summed E-state index contributed by atoms with van der Waals surface area (Å²) in [4.78, 5) is 23.7. The lowest BCUT2D eigenvalue weighted by molar-refractivity contribution is -0.143. The Morgan fingerprint density at radius 3 is 2.35 bits per heavy atom. The van der Waals surface area contributed by atoms with Crippen LogP contribution in [-0.2, 0) is 26.2 Å². The summed E-state index contributed by atoms with van der Waals surface area (Å²) in [7, 11) is 0. The number of aliphatic carboxylic acids is 1. The lowest BCUT2D eigenvalue weighted by atomic mass is 9.76. The number of aliphatic hydroxyl groups excluding tert-OH is 1. The number of hydrogen-bond donors (Lipinski definition) is 2.